The number of aromatic nitrogens is 4. The maximum atomic E-state index is 5.27. The Morgan fingerprint density at radius 3 is 1.79 bits per heavy atom. The molecule has 0 amide bonds. The van der Waals surface area contributed by atoms with Crippen LogP contribution < -0.4 is 0 Å². The summed E-state index contributed by atoms with van der Waals surface area (Å²) in [4.78, 5) is 20.6. The first kappa shape index (κ1) is 26.8. The van der Waals surface area contributed by atoms with Crippen LogP contribution in [0.1, 0.15) is 0 Å². The number of nitrogens with zero attached hydrogens (tertiary/aromatic N) is 4. The first-order valence-corrected chi connectivity index (χ1v) is 17.8. The van der Waals surface area contributed by atoms with Gasteiger partial charge < -0.3 is 0 Å². The Morgan fingerprint density at radius 2 is 0.957 bits per heavy atom. The average Bonchev–Trinajstić information content (AvgIpc) is 3.85. The van der Waals surface area contributed by atoms with Crippen LogP contribution in [0.25, 0.3) is 95.3 Å². The number of thiazole rings is 1. The fraction of sp³-hybridized carbons (Fsp3) is 0. The second-order valence-corrected chi connectivity index (χ2v) is 14.6. The zero-order valence-corrected chi connectivity index (χ0v) is 27.2. The van der Waals surface area contributed by atoms with Crippen molar-refractivity contribution in [1.82, 2.24) is 19.9 Å². The number of hydrogen-bond acceptors (Lipinski definition) is 7. The summed E-state index contributed by atoms with van der Waals surface area (Å²) < 4.78 is 6.04. The van der Waals surface area contributed by atoms with Gasteiger partial charge in [-0.1, -0.05) is 97.1 Å². The van der Waals surface area contributed by atoms with Crippen molar-refractivity contribution in [3.63, 3.8) is 0 Å². The lowest BCUT2D eigenvalue weighted by Crippen LogP contribution is -2.00. The zero-order valence-electron chi connectivity index (χ0n) is 24.7. The molecule has 0 bridgehead atoms. The van der Waals surface area contributed by atoms with Crippen molar-refractivity contribution in [2.45, 2.75) is 0 Å². The number of rotatable bonds is 4. The largest absolute Gasteiger partial charge is 0.236 e. The highest BCUT2D eigenvalue weighted by Crippen LogP contribution is 2.46. The quantitative estimate of drug-likeness (QED) is 0.189. The van der Waals surface area contributed by atoms with Crippen LogP contribution in [0.5, 0.6) is 0 Å². The lowest BCUT2D eigenvalue weighted by molar-refractivity contribution is 1.08. The minimum Gasteiger partial charge on any atom is -0.236 e. The summed E-state index contributed by atoms with van der Waals surface area (Å²) in [6, 6.07) is 46.6. The van der Waals surface area contributed by atoms with Gasteiger partial charge in [0.2, 0.25) is 0 Å². The minimum absolute atomic E-state index is 0.659. The summed E-state index contributed by atoms with van der Waals surface area (Å²) in [6.07, 6.45) is 0. The number of fused-ring (bicyclic) bond motifs is 7. The SMILES string of the molecule is c1ccc(-c2nc(-c3cccc4c3sc3ccccc34)nc(-c3cccc4sc5cccc(-c6nc7ccccc7s6)c5c34)n2)cc1. The van der Waals surface area contributed by atoms with E-state index in [9.17, 15) is 0 Å². The molecule has 0 saturated carbocycles. The molecule has 10 aromatic rings. The summed E-state index contributed by atoms with van der Waals surface area (Å²) >= 11 is 5.32. The van der Waals surface area contributed by atoms with Crippen LogP contribution >= 0.6 is 34.0 Å². The van der Waals surface area contributed by atoms with Gasteiger partial charge in [0.05, 0.1) is 10.2 Å². The van der Waals surface area contributed by atoms with E-state index >= 15 is 0 Å². The van der Waals surface area contributed by atoms with Crippen LogP contribution in [-0.2, 0) is 0 Å². The molecule has 0 aliphatic rings. The summed E-state index contributed by atoms with van der Waals surface area (Å²) in [5.41, 5.74) is 5.12. The molecule has 0 atom stereocenters. The molecule has 0 aliphatic carbocycles. The van der Waals surface area contributed by atoms with Crippen LogP contribution in [0.2, 0.25) is 0 Å². The molecule has 0 fully saturated rings. The Balaban J connectivity index is 1.26. The smallest absolute Gasteiger partial charge is 0.165 e. The topological polar surface area (TPSA) is 51.6 Å². The third-order valence-electron chi connectivity index (χ3n) is 8.60. The number of para-hydroxylation sites is 1. The van der Waals surface area contributed by atoms with Crippen molar-refractivity contribution in [3.05, 3.63) is 133 Å². The van der Waals surface area contributed by atoms with E-state index < -0.39 is 0 Å². The second-order valence-electron chi connectivity index (χ2n) is 11.4. The Labute approximate surface area is 281 Å². The fourth-order valence-corrected chi connectivity index (χ4v) is 9.84. The lowest BCUT2D eigenvalue weighted by Gasteiger charge is -2.10. The Hall–Kier alpha value is -5.34. The van der Waals surface area contributed by atoms with Gasteiger partial charge >= 0.3 is 0 Å². The molecular formula is C40H22N4S3. The maximum absolute atomic E-state index is 5.27. The van der Waals surface area contributed by atoms with E-state index in [4.69, 9.17) is 19.9 Å². The highest BCUT2D eigenvalue weighted by Gasteiger charge is 2.21. The van der Waals surface area contributed by atoms with Crippen LogP contribution in [0, 0.1) is 0 Å². The lowest BCUT2D eigenvalue weighted by atomic mass is 10.0. The first-order chi connectivity index (χ1) is 23.3. The molecule has 4 heterocycles. The molecule has 10 rings (SSSR count). The molecule has 4 nitrogen and oxygen atoms in total. The predicted molar refractivity (Wildman–Crippen MR) is 201 cm³/mol. The predicted octanol–water partition coefficient (Wildman–Crippen LogP) is 11.9. The van der Waals surface area contributed by atoms with E-state index in [0.717, 1.165) is 38.2 Å². The summed E-state index contributed by atoms with van der Waals surface area (Å²) in [5, 5.41) is 5.83. The third-order valence-corrected chi connectivity index (χ3v) is 12.0. The molecule has 0 aliphatic heterocycles. The summed E-state index contributed by atoms with van der Waals surface area (Å²) in [6.45, 7) is 0. The van der Waals surface area contributed by atoms with Crippen LogP contribution in [0.15, 0.2) is 133 Å². The van der Waals surface area contributed by atoms with Gasteiger partial charge in [0.1, 0.15) is 5.01 Å². The molecule has 7 heteroatoms. The van der Waals surface area contributed by atoms with Crippen molar-refractivity contribution >= 4 is 84.6 Å². The van der Waals surface area contributed by atoms with E-state index in [1.54, 1.807) is 34.0 Å². The number of thiophene rings is 2. The molecule has 0 unspecified atom stereocenters. The van der Waals surface area contributed by atoms with Gasteiger partial charge in [-0.3, -0.25) is 0 Å². The van der Waals surface area contributed by atoms with E-state index in [1.807, 2.05) is 24.3 Å². The molecule has 0 radical (unpaired) electrons. The van der Waals surface area contributed by atoms with Gasteiger partial charge in [-0.15, -0.1) is 34.0 Å². The molecule has 0 spiro atoms. The molecule has 4 aromatic heterocycles. The van der Waals surface area contributed by atoms with Gasteiger partial charge in [0, 0.05) is 62.6 Å². The van der Waals surface area contributed by atoms with Crippen molar-refractivity contribution in [2.75, 3.05) is 0 Å². The molecule has 220 valence electrons. The highest BCUT2D eigenvalue weighted by molar-refractivity contribution is 7.26. The van der Waals surface area contributed by atoms with Crippen molar-refractivity contribution in [2.24, 2.45) is 0 Å². The van der Waals surface area contributed by atoms with Gasteiger partial charge in [-0.05, 0) is 36.4 Å². The van der Waals surface area contributed by atoms with Crippen LogP contribution in [0.4, 0.5) is 0 Å². The highest BCUT2D eigenvalue weighted by atomic mass is 32.1. The normalized spacial score (nSPS) is 11.8. The van der Waals surface area contributed by atoms with Crippen molar-refractivity contribution < 1.29 is 0 Å². The van der Waals surface area contributed by atoms with E-state index in [-0.39, 0.29) is 0 Å². The fourth-order valence-electron chi connectivity index (χ4n) is 6.47. The molecule has 0 N–H and O–H groups in total. The molecular weight excluding hydrogens is 633 g/mol. The van der Waals surface area contributed by atoms with E-state index in [1.165, 1.54) is 39.7 Å². The zero-order chi connectivity index (χ0) is 30.9. The number of benzene rings is 6. The van der Waals surface area contributed by atoms with Gasteiger partial charge in [0.15, 0.2) is 17.5 Å². The molecule has 6 aromatic carbocycles. The standard InChI is InChI=1S/C40H22N4S3/c1-2-11-23(12-3-1)37-42-38(44-39(43-37)28-17-8-14-25-24-13-4-6-19-30(24)46-36(25)28)26-15-9-21-32-34(26)35-27(16-10-22-33(35)45-32)40-41-29-18-5-7-20-31(29)47-40/h1-22H. The molecule has 47 heavy (non-hydrogen) atoms. The van der Waals surface area contributed by atoms with Crippen LogP contribution in [-0.4, -0.2) is 19.9 Å². The average molecular weight is 655 g/mol. The Kier molecular flexibility index (Phi) is 6.05. The monoisotopic (exact) mass is 654 g/mol. The van der Waals surface area contributed by atoms with E-state index in [0.29, 0.717) is 17.5 Å². The second kappa shape index (κ2) is 10.6. The Morgan fingerprint density at radius 1 is 0.362 bits per heavy atom. The summed E-state index contributed by atoms with van der Waals surface area (Å²) in [5.74, 6) is 2.00. The maximum Gasteiger partial charge on any atom is 0.165 e. The third kappa shape index (κ3) is 4.32. The van der Waals surface area contributed by atoms with Gasteiger partial charge in [0.25, 0.3) is 0 Å². The first-order valence-electron chi connectivity index (χ1n) is 15.3. The van der Waals surface area contributed by atoms with Crippen molar-refractivity contribution in [3.8, 4) is 44.7 Å². The van der Waals surface area contributed by atoms with Gasteiger partial charge in [-0.25, -0.2) is 19.9 Å². The van der Waals surface area contributed by atoms with Crippen molar-refractivity contribution in [1.29, 1.82) is 0 Å². The van der Waals surface area contributed by atoms with Gasteiger partial charge in [-0.2, -0.15) is 0 Å². The van der Waals surface area contributed by atoms with Crippen LogP contribution in [0.3, 0.4) is 0 Å². The minimum atomic E-state index is 0.659. The number of hydrogen-bond donors (Lipinski definition) is 0. The Bertz CT molecular complexity index is 2780. The summed E-state index contributed by atoms with van der Waals surface area (Å²) in [7, 11) is 0. The van der Waals surface area contributed by atoms with E-state index in [2.05, 4.69) is 109 Å². The molecule has 0 saturated heterocycles.